The highest BCUT2D eigenvalue weighted by atomic mass is 79.9. The fourth-order valence-corrected chi connectivity index (χ4v) is 4.29. The minimum atomic E-state index is -3.71. The van der Waals surface area contributed by atoms with Crippen molar-refractivity contribution < 1.29 is 17.5 Å². The zero-order valence-electron chi connectivity index (χ0n) is 11.6. The number of benzene rings is 1. The Labute approximate surface area is 127 Å². The van der Waals surface area contributed by atoms with E-state index in [1.165, 1.54) is 16.4 Å². The van der Waals surface area contributed by atoms with Gasteiger partial charge in [0, 0.05) is 13.1 Å². The number of hydrogen-bond acceptors (Lipinski definition) is 3. The molecular weight excluding hydrogens is 349 g/mol. The predicted octanol–water partition coefficient (Wildman–Crippen LogP) is 2.78. The van der Waals surface area contributed by atoms with Crippen molar-refractivity contribution in [3.8, 4) is 0 Å². The maximum Gasteiger partial charge on any atom is 0.243 e. The number of hydrogen-bond donors (Lipinski definition) is 0. The molecule has 112 valence electrons. The minimum Gasteiger partial charge on any atom is -0.370 e. The van der Waals surface area contributed by atoms with E-state index in [0.29, 0.717) is 0 Å². The van der Waals surface area contributed by atoms with Crippen LogP contribution in [0.25, 0.3) is 0 Å². The summed E-state index contributed by atoms with van der Waals surface area (Å²) in [7, 11) is -3.71. The topological polar surface area (TPSA) is 46.6 Å². The van der Waals surface area contributed by atoms with Gasteiger partial charge in [0.25, 0.3) is 0 Å². The standard InChI is InChI=1S/C13H17BrFNO3S/c1-9-7-16(8-13(2,3)19-9)20(17,18)10-4-5-11(14)12(15)6-10/h4-6,9H,7-8H2,1-3H3. The predicted molar refractivity (Wildman–Crippen MR) is 77.5 cm³/mol. The number of sulfonamides is 1. The van der Waals surface area contributed by atoms with Gasteiger partial charge < -0.3 is 4.74 Å². The molecule has 1 aliphatic rings. The number of morpholine rings is 1. The van der Waals surface area contributed by atoms with Crippen LogP contribution in [-0.4, -0.2) is 37.5 Å². The average molecular weight is 366 g/mol. The van der Waals surface area contributed by atoms with Gasteiger partial charge in [-0.25, -0.2) is 12.8 Å². The molecule has 1 aliphatic heterocycles. The van der Waals surface area contributed by atoms with Crippen molar-refractivity contribution in [2.45, 2.75) is 37.4 Å². The lowest BCUT2D eigenvalue weighted by Crippen LogP contribution is -2.53. The molecule has 0 aromatic heterocycles. The van der Waals surface area contributed by atoms with Crippen LogP contribution in [0.1, 0.15) is 20.8 Å². The molecule has 20 heavy (non-hydrogen) atoms. The molecule has 1 atom stereocenters. The first-order valence-electron chi connectivity index (χ1n) is 6.25. The highest BCUT2D eigenvalue weighted by molar-refractivity contribution is 9.10. The van der Waals surface area contributed by atoms with Gasteiger partial charge in [-0.1, -0.05) is 0 Å². The molecule has 0 N–H and O–H groups in total. The third-order valence-corrected chi connectivity index (χ3v) is 5.52. The highest BCUT2D eigenvalue weighted by Gasteiger charge is 2.38. The first-order valence-corrected chi connectivity index (χ1v) is 8.48. The van der Waals surface area contributed by atoms with Crippen molar-refractivity contribution >= 4 is 26.0 Å². The van der Waals surface area contributed by atoms with Gasteiger partial charge in [0.2, 0.25) is 10.0 Å². The van der Waals surface area contributed by atoms with Crippen LogP contribution in [0.5, 0.6) is 0 Å². The van der Waals surface area contributed by atoms with Crippen LogP contribution in [0.4, 0.5) is 4.39 Å². The zero-order valence-corrected chi connectivity index (χ0v) is 14.0. The Hall–Kier alpha value is -0.500. The first-order chi connectivity index (χ1) is 9.12. The number of halogens is 2. The van der Waals surface area contributed by atoms with E-state index in [1.54, 1.807) is 0 Å². The molecule has 0 spiro atoms. The summed E-state index contributed by atoms with van der Waals surface area (Å²) in [5.74, 6) is -0.591. The molecule has 7 heteroatoms. The lowest BCUT2D eigenvalue weighted by atomic mass is 10.1. The summed E-state index contributed by atoms with van der Waals surface area (Å²) in [5.41, 5.74) is -0.557. The minimum absolute atomic E-state index is 0.0388. The molecule has 2 rings (SSSR count). The summed E-state index contributed by atoms with van der Waals surface area (Å²) in [6.45, 7) is 6.02. The quantitative estimate of drug-likeness (QED) is 0.809. The molecule has 1 heterocycles. The molecule has 0 saturated carbocycles. The van der Waals surface area contributed by atoms with Gasteiger partial charge in [-0.05, 0) is 54.9 Å². The molecular formula is C13H17BrFNO3S. The summed E-state index contributed by atoms with van der Waals surface area (Å²) >= 11 is 3.02. The Morgan fingerprint density at radius 1 is 1.45 bits per heavy atom. The number of rotatable bonds is 2. The monoisotopic (exact) mass is 365 g/mol. The van der Waals surface area contributed by atoms with Crippen molar-refractivity contribution in [1.82, 2.24) is 4.31 Å². The average Bonchev–Trinajstić information content (AvgIpc) is 2.30. The van der Waals surface area contributed by atoms with Crippen molar-refractivity contribution in [1.29, 1.82) is 0 Å². The lowest BCUT2D eigenvalue weighted by Gasteiger charge is -2.40. The largest absolute Gasteiger partial charge is 0.370 e. The van der Waals surface area contributed by atoms with E-state index < -0.39 is 21.4 Å². The maximum atomic E-state index is 13.6. The Balaban J connectivity index is 2.36. The van der Waals surface area contributed by atoms with Crippen molar-refractivity contribution in [2.75, 3.05) is 13.1 Å². The lowest BCUT2D eigenvalue weighted by molar-refractivity contribution is -0.109. The van der Waals surface area contributed by atoms with E-state index in [2.05, 4.69) is 15.9 Å². The number of ether oxygens (including phenoxy) is 1. The third kappa shape index (κ3) is 3.21. The normalized spacial score (nSPS) is 23.8. The summed E-state index contributed by atoms with van der Waals surface area (Å²) in [6.07, 6.45) is -0.200. The highest BCUT2D eigenvalue weighted by Crippen LogP contribution is 2.27. The molecule has 0 aliphatic carbocycles. The summed E-state index contributed by atoms with van der Waals surface area (Å²) in [4.78, 5) is -0.0388. The Bertz CT molecular complexity index is 618. The molecule has 1 unspecified atom stereocenters. The fourth-order valence-electron chi connectivity index (χ4n) is 2.36. The second-order valence-electron chi connectivity index (χ2n) is 5.56. The Morgan fingerprint density at radius 2 is 2.10 bits per heavy atom. The van der Waals surface area contributed by atoms with Crippen LogP contribution in [0.2, 0.25) is 0 Å². The van der Waals surface area contributed by atoms with Crippen LogP contribution in [0.3, 0.4) is 0 Å². The Morgan fingerprint density at radius 3 is 2.65 bits per heavy atom. The van der Waals surface area contributed by atoms with Gasteiger partial charge in [-0.15, -0.1) is 0 Å². The molecule has 1 aromatic carbocycles. The van der Waals surface area contributed by atoms with Crippen LogP contribution in [-0.2, 0) is 14.8 Å². The van der Waals surface area contributed by atoms with Crippen molar-refractivity contribution in [2.24, 2.45) is 0 Å². The zero-order chi connectivity index (χ0) is 15.1. The molecule has 4 nitrogen and oxygen atoms in total. The van der Waals surface area contributed by atoms with Gasteiger partial charge >= 0.3 is 0 Å². The smallest absolute Gasteiger partial charge is 0.243 e. The third-order valence-electron chi connectivity index (χ3n) is 3.07. The summed E-state index contributed by atoms with van der Waals surface area (Å²) in [6, 6.07) is 3.83. The van der Waals surface area contributed by atoms with Crippen LogP contribution < -0.4 is 0 Å². The molecule has 1 saturated heterocycles. The second-order valence-corrected chi connectivity index (χ2v) is 8.35. The van der Waals surface area contributed by atoms with Gasteiger partial charge in [0.1, 0.15) is 5.82 Å². The van der Waals surface area contributed by atoms with E-state index in [9.17, 15) is 12.8 Å². The molecule has 1 fully saturated rings. The van der Waals surface area contributed by atoms with E-state index in [0.717, 1.165) is 6.07 Å². The van der Waals surface area contributed by atoms with Gasteiger partial charge in [-0.3, -0.25) is 0 Å². The van der Waals surface area contributed by atoms with Crippen molar-refractivity contribution in [3.63, 3.8) is 0 Å². The summed E-state index contributed by atoms with van der Waals surface area (Å²) < 4.78 is 46.0. The second kappa shape index (κ2) is 5.36. The van der Waals surface area contributed by atoms with E-state index in [1.807, 2.05) is 20.8 Å². The van der Waals surface area contributed by atoms with Crippen molar-refractivity contribution in [3.05, 3.63) is 28.5 Å². The van der Waals surface area contributed by atoms with Gasteiger partial charge in [0.05, 0.1) is 21.1 Å². The fraction of sp³-hybridized carbons (Fsp3) is 0.538. The Kier molecular flexibility index (Phi) is 4.26. The van der Waals surface area contributed by atoms with Gasteiger partial charge in [-0.2, -0.15) is 4.31 Å². The molecule has 0 radical (unpaired) electrons. The van der Waals surface area contributed by atoms with Crippen LogP contribution in [0.15, 0.2) is 27.6 Å². The SMILES string of the molecule is CC1CN(S(=O)(=O)c2ccc(Br)c(F)c2)CC(C)(C)O1. The first kappa shape index (κ1) is 15.9. The van der Waals surface area contributed by atoms with E-state index >= 15 is 0 Å². The molecule has 1 aromatic rings. The molecule has 0 amide bonds. The van der Waals surface area contributed by atoms with Crippen LogP contribution in [0, 0.1) is 5.82 Å². The van der Waals surface area contributed by atoms with E-state index in [4.69, 9.17) is 4.74 Å². The van der Waals surface area contributed by atoms with Crippen LogP contribution >= 0.6 is 15.9 Å². The number of nitrogens with zero attached hydrogens (tertiary/aromatic N) is 1. The van der Waals surface area contributed by atoms with E-state index in [-0.39, 0.29) is 28.6 Å². The summed E-state index contributed by atoms with van der Waals surface area (Å²) in [5, 5.41) is 0. The molecule has 0 bridgehead atoms. The maximum absolute atomic E-state index is 13.6. The van der Waals surface area contributed by atoms with Gasteiger partial charge in [0.15, 0.2) is 0 Å².